The molecule has 0 bridgehead atoms. The van der Waals surface area contributed by atoms with E-state index < -0.39 is 5.54 Å². The molecule has 2 amide bonds. The van der Waals surface area contributed by atoms with Gasteiger partial charge in [0.2, 0.25) is 11.8 Å². The van der Waals surface area contributed by atoms with Crippen LogP contribution in [-0.4, -0.2) is 34.8 Å². The van der Waals surface area contributed by atoms with E-state index >= 15 is 0 Å². The van der Waals surface area contributed by atoms with Crippen LogP contribution in [0.1, 0.15) is 65.7 Å². The number of piperazine rings is 1. The molecule has 1 saturated heterocycles. The molecule has 2 rings (SSSR count). The van der Waals surface area contributed by atoms with Gasteiger partial charge < -0.3 is 10.2 Å². The Hall–Kier alpha value is -1.32. The average molecular weight is 292 g/mol. The quantitative estimate of drug-likeness (QED) is 0.792. The summed E-state index contributed by atoms with van der Waals surface area (Å²) in [6.45, 7) is 6.44. The molecule has 0 aromatic heterocycles. The monoisotopic (exact) mass is 292 g/mol. The molecule has 1 aliphatic carbocycles. The Labute approximate surface area is 128 Å². The van der Waals surface area contributed by atoms with Gasteiger partial charge in [-0.25, -0.2) is 0 Å². The van der Waals surface area contributed by atoms with Crippen molar-refractivity contribution >= 4 is 11.8 Å². The zero-order valence-electron chi connectivity index (χ0n) is 13.6. The topological polar surface area (TPSA) is 49.4 Å². The first-order chi connectivity index (χ1) is 10.0. The zero-order valence-corrected chi connectivity index (χ0v) is 13.6. The molecule has 1 fully saturated rings. The Bertz CT molecular complexity index is 438. The Morgan fingerprint density at radius 1 is 1.29 bits per heavy atom. The number of amides is 2. The number of carbonyl (C=O) groups is 2. The Balaban J connectivity index is 2.09. The lowest BCUT2D eigenvalue weighted by Crippen LogP contribution is -2.69. The van der Waals surface area contributed by atoms with Crippen molar-refractivity contribution in [2.24, 2.45) is 0 Å². The second kappa shape index (κ2) is 6.63. The maximum absolute atomic E-state index is 12.8. The summed E-state index contributed by atoms with van der Waals surface area (Å²) in [5.74, 6) is 0.0759. The maximum Gasteiger partial charge on any atom is 0.248 e. The Morgan fingerprint density at radius 3 is 2.57 bits per heavy atom. The molecule has 1 atom stereocenters. The van der Waals surface area contributed by atoms with E-state index in [1.165, 1.54) is 18.4 Å². The van der Waals surface area contributed by atoms with Crippen molar-refractivity contribution in [2.75, 3.05) is 6.54 Å². The molecule has 0 radical (unpaired) electrons. The summed E-state index contributed by atoms with van der Waals surface area (Å²) in [6, 6.07) is -0.354. The summed E-state index contributed by atoms with van der Waals surface area (Å²) in [5.41, 5.74) is 0.760. The third-order valence-electron chi connectivity index (χ3n) is 5.15. The van der Waals surface area contributed by atoms with Gasteiger partial charge in [0.05, 0.1) is 0 Å². The zero-order chi connectivity index (χ0) is 15.5. The highest BCUT2D eigenvalue weighted by atomic mass is 16.2. The van der Waals surface area contributed by atoms with Crippen molar-refractivity contribution in [3.05, 3.63) is 11.6 Å². The molecular weight excluding hydrogens is 264 g/mol. The van der Waals surface area contributed by atoms with E-state index in [4.69, 9.17) is 0 Å². The van der Waals surface area contributed by atoms with E-state index in [9.17, 15) is 9.59 Å². The molecule has 0 aromatic rings. The van der Waals surface area contributed by atoms with Crippen molar-refractivity contribution in [3.63, 3.8) is 0 Å². The standard InChI is InChI=1S/C17H28N2O2/c1-4-17(5-2)16(21)19(13(3)15(20)18-17)12-11-14-9-7-6-8-10-14/h9,13H,4-8,10-12H2,1-3H3,(H,18,20). The third kappa shape index (κ3) is 3.14. The molecule has 0 aromatic carbocycles. The smallest absolute Gasteiger partial charge is 0.248 e. The van der Waals surface area contributed by atoms with Crippen LogP contribution in [-0.2, 0) is 9.59 Å². The summed E-state index contributed by atoms with van der Waals surface area (Å²) < 4.78 is 0. The SMILES string of the molecule is CCC1(CC)NC(=O)C(C)N(CCC2=CCCCC2)C1=O. The largest absolute Gasteiger partial charge is 0.340 e. The van der Waals surface area contributed by atoms with Crippen LogP contribution < -0.4 is 5.32 Å². The van der Waals surface area contributed by atoms with Gasteiger partial charge in [-0.2, -0.15) is 0 Å². The van der Waals surface area contributed by atoms with Gasteiger partial charge in [0.15, 0.2) is 0 Å². The van der Waals surface area contributed by atoms with Crippen molar-refractivity contribution in [2.45, 2.75) is 77.3 Å². The summed E-state index contributed by atoms with van der Waals surface area (Å²) >= 11 is 0. The van der Waals surface area contributed by atoms with E-state index in [0.29, 0.717) is 19.4 Å². The highest BCUT2D eigenvalue weighted by Crippen LogP contribution is 2.27. The van der Waals surface area contributed by atoms with Gasteiger partial charge in [-0.1, -0.05) is 25.5 Å². The van der Waals surface area contributed by atoms with Crippen molar-refractivity contribution in [1.29, 1.82) is 0 Å². The second-order valence-electron chi connectivity index (χ2n) is 6.31. The van der Waals surface area contributed by atoms with Gasteiger partial charge in [0.25, 0.3) is 0 Å². The fourth-order valence-corrected chi connectivity index (χ4v) is 3.41. The Morgan fingerprint density at radius 2 is 2.00 bits per heavy atom. The van der Waals surface area contributed by atoms with E-state index in [1.54, 1.807) is 4.90 Å². The molecule has 1 N–H and O–H groups in total. The molecule has 0 saturated carbocycles. The number of rotatable bonds is 5. The van der Waals surface area contributed by atoms with Crippen LogP contribution in [0.4, 0.5) is 0 Å². The van der Waals surface area contributed by atoms with Crippen LogP contribution in [0.2, 0.25) is 0 Å². The lowest BCUT2D eigenvalue weighted by molar-refractivity contribution is -0.154. The van der Waals surface area contributed by atoms with E-state index in [1.807, 2.05) is 20.8 Å². The van der Waals surface area contributed by atoms with Crippen molar-refractivity contribution in [1.82, 2.24) is 10.2 Å². The molecule has 118 valence electrons. The number of nitrogens with one attached hydrogen (secondary N) is 1. The van der Waals surface area contributed by atoms with Gasteiger partial charge in [-0.3, -0.25) is 9.59 Å². The summed E-state index contributed by atoms with van der Waals surface area (Å²) in [5, 5.41) is 2.95. The lowest BCUT2D eigenvalue weighted by Gasteiger charge is -2.44. The predicted octanol–water partition coefficient (Wildman–Crippen LogP) is 2.78. The maximum atomic E-state index is 12.8. The van der Waals surface area contributed by atoms with Crippen LogP contribution >= 0.6 is 0 Å². The average Bonchev–Trinajstić information content (AvgIpc) is 2.52. The number of nitrogens with zero attached hydrogens (tertiary/aromatic N) is 1. The van der Waals surface area contributed by atoms with Crippen molar-refractivity contribution < 1.29 is 9.59 Å². The van der Waals surface area contributed by atoms with Gasteiger partial charge in [-0.05, 0) is 51.9 Å². The van der Waals surface area contributed by atoms with Crippen LogP contribution in [0, 0.1) is 0 Å². The highest BCUT2D eigenvalue weighted by Gasteiger charge is 2.47. The first kappa shape index (κ1) is 16.1. The molecule has 0 spiro atoms. The molecular formula is C17H28N2O2. The van der Waals surface area contributed by atoms with Crippen LogP contribution in [0.25, 0.3) is 0 Å². The van der Waals surface area contributed by atoms with Gasteiger partial charge >= 0.3 is 0 Å². The van der Waals surface area contributed by atoms with Gasteiger partial charge in [-0.15, -0.1) is 0 Å². The molecule has 4 heteroatoms. The summed E-state index contributed by atoms with van der Waals surface area (Å²) in [7, 11) is 0. The minimum absolute atomic E-state index is 0.0177. The minimum atomic E-state index is -0.690. The molecule has 1 aliphatic heterocycles. The third-order valence-corrected chi connectivity index (χ3v) is 5.15. The normalized spacial score (nSPS) is 25.6. The predicted molar refractivity (Wildman–Crippen MR) is 83.8 cm³/mol. The summed E-state index contributed by atoms with van der Waals surface area (Å²) in [6.07, 6.45) is 9.37. The summed E-state index contributed by atoms with van der Waals surface area (Å²) in [4.78, 5) is 26.8. The number of carbonyl (C=O) groups excluding carboxylic acids is 2. The number of hydrogen-bond donors (Lipinski definition) is 1. The minimum Gasteiger partial charge on any atom is -0.340 e. The molecule has 4 nitrogen and oxygen atoms in total. The Kier molecular flexibility index (Phi) is 5.07. The molecule has 1 heterocycles. The van der Waals surface area contributed by atoms with Crippen molar-refractivity contribution in [3.8, 4) is 0 Å². The fraction of sp³-hybridized carbons (Fsp3) is 0.765. The lowest BCUT2D eigenvalue weighted by atomic mass is 9.87. The second-order valence-corrected chi connectivity index (χ2v) is 6.31. The highest BCUT2D eigenvalue weighted by molar-refractivity contribution is 5.99. The van der Waals surface area contributed by atoms with Crippen LogP contribution in [0.5, 0.6) is 0 Å². The molecule has 1 unspecified atom stereocenters. The van der Waals surface area contributed by atoms with Gasteiger partial charge in [0, 0.05) is 6.54 Å². The van der Waals surface area contributed by atoms with Gasteiger partial charge in [0.1, 0.15) is 11.6 Å². The fourth-order valence-electron chi connectivity index (χ4n) is 3.41. The van der Waals surface area contributed by atoms with Crippen LogP contribution in [0.15, 0.2) is 11.6 Å². The van der Waals surface area contributed by atoms with E-state index in [-0.39, 0.29) is 17.9 Å². The molecule has 21 heavy (non-hydrogen) atoms. The first-order valence-corrected chi connectivity index (χ1v) is 8.35. The first-order valence-electron chi connectivity index (χ1n) is 8.35. The van der Waals surface area contributed by atoms with Crippen LogP contribution in [0.3, 0.4) is 0 Å². The number of allylic oxidation sites excluding steroid dienone is 1. The number of hydrogen-bond acceptors (Lipinski definition) is 2. The van der Waals surface area contributed by atoms with E-state index in [2.05, 4.69) is 11.4 Å². The van der Waals surface area contributed by atoms with E-state index in [0.717, 1.165) is 19.3 Å². The molecule has 2 aliphatic rings.